The van der Waals surface area contributed by atoms with E-state index >= 15 is 0 Å². The highest BCUT2D eigenvalue weighted by molar-refractivity contribution is 4.90. The van der Waals surface area contributed by atoms with Crippen LogP contribution in [-0.4, -0.2) is 26.3 Å². The van der Waals surface area contributed by atoms with Crippen molar-refractivity contribution in [1.82, 2.24) is 5.32 Å². The number of hydrogen-bond acceptors (Lipinski definition) is 2. The Hall–Kier alpha value is -0.0800. The molecule has 0 aliphatic heterocycles. The van der Waals surface area contributed by atoms with Gasteiger partial charge in [0.25, 0.3) is 0 Å². The van der Waals surface area contributed by atoms with Crippen molar-refractivity contribution < 1.29 is 4.74 Å². The first-order valence-electron chi connectivity index (χ1n) is 7.07. The molecule has 1 N–H and O–H groups in total. The molecular weight excluding hydrogens is 198 g/mol. The monoisotopic (exact) mass is 225 g/mol. The third kappa shape index (κ3) is 2.60. The highest BCUT2D eigenvalue weighted by Gasteiger charge is 2.36. The number of rotatable bonds is 5. The molecule has 2 heteroatoms. The summed E-state index contributed by atoms with van der Waals surface area (Å²) < 4.78 is 5.84. The molecule has 0 radical (unpaired) electrons. The maximum absolute atomic E-state index is 5.84. The van der Waals surface area contributed by atoms with E-state index in [4.69, 9.17) is 4.74 Å². The maximum atomic E-state index is 5.84. The molecule has 0 aromatic heterocycles. The molecule has 0 amide bonds. The molecule has 2 aliphatic rings. The Balaban J connectivity index is 1.98. The Labute approximate surface area is 100 Å². The van der Waals surface area contributed by atoms with E-state index in [2.05, 4.69) is 12.4 Å². The summed E-state index contributed by atoms with van der Waals surface area (Å²) in [7, 11) is 4.02. The molecule has 16 heavy (non-hydrogen) atoms. The zero-order valence-corrected chi connectivity index (χ0v) is 10.9. The van der Waals surface area contributed by atoms with Crippen LogP contribution in [0.3, 0.4) is 0 Å². The van der Waals surface area contributed by atoms with E-state index in [0.717, 1.165) is 11.8 Å². The second-order valence-electron chi connectivity index (χ2n) is 5.60. The fourth-order valence-electron chi connectivity index (χ4n) is 3.90. The fourth-order valence-corrected chi connectivity index (χ4v) is 3.90. The Morgan fingerprint density at radius 1 is 0.938 bits per heavy atom. The molecule has 0 aromatic rings. The van der Waals surface area contributed by atoms with Crippen molar-refractivity contribution in [2.24, 2.45) is 11.8 Å². The lowest BCUT2D eigenvalue weighted by Gasteiger charge is -2.34. The van der Waals surface area contributed by atoms with Crippen molar-refractivity contribution in [3.05, 3.63) is 0 Å². The van der Waals surface area contributed by atoms with Crippen molar-refractivity contribution in [2.75, 3.05) is 14.2 Å². The van der Waals surface area contributed by atoms with Gasteiger partial charge in [-0.3, -0.25) is 0 Å². The quantitative estimate of drug-likeness (QED) is 0.776. The van der Waals surface area contributed by atoms with Gasteiger partial charge in [-0.05, 0) is 44.6 Å². The van der Waals surface area contributed by atoms with Crippen LogP contribution in [0.4, 0.5) is 0 Å². The molecule has 2 fully saturated rings. The fraction of sp³-hybridized carbons (Fsp3) is 1.00. The third-order valence-corrected chi connectivity index (χ3v) is 4.73. The van der Waals surface area contributed by atoms with E-state index in [1.165, 1.54) is 51.4 Å². The van der Waals surface area contributed by atoms with Gasteiger partial charge in [-0.15, -0.1) is 0 Å². The van der Waals surface area contributed by atoms with Crippen LogP contribution < -0.4 is 5.32 Å². The molecule has 2 rings (SSSR count). The van der Waals surface area contributed by atoms with Gasteiger partial charge in [0.1, 0.15) is 0 Å². The molecule has 2 aliphatic carbocycles. The number of methoxy groups -OCH3 is 1. The number of likely N-dealkylation sites (N-methyl/N-ethyl adjacent to an activating group) is 1. The van der Waals surface area contributed by atoms with Crippen molar-refractivity contribution in [3.63, 3.8) is 0 Å². The number of hydrogen-bond donors (Lipinski definition) is 1. The van der Waals surface area contributed by atoms with Crippen LogP contribution in [0.5, 0.6) is 0 Å². The Bertz CT molecular complexity index is 173. The first kappa shape index (κ1) is 12.4. The lowest BCUT2D eigenvalue weighted by atomic mass is 9.85. The van der Waals surface area contributed by atoms with Crippen molar-refractivity contribution in [2.45, 2.75) is 63.5 Å². The Kier molecular flexibility index (Phi) is 4.66. The normalized spacial score (nSPS) is 27.4. The zero-order valence-electron chi connectivity index (χ0n) is 10.9. The van der Waals surface area contributed by atoms with Crippen molar-refractivity contribution in [3.8, 4) is 0 Å². The SMILES string of the molecule is CNC(C1CCCC1)C(OC)C1CCCC1. The molecule has 0 spiro atoms. The molecule has 0 aromatic carbocycles. The Morgan fingerprint density at radius 3 is 1.88 bits per heavy atom. The van der Waals surface area contributed by atoms with Crippen LogP contribution >= 0.6 is 0 Å². The number of nitrogens with one attached hydrogen (secondary N) is 1. The van der Waals surface area contributed by atoms with Gasteiger partial charge in [0.15, 0.2) is 0 Å². The zero-order chi connectivity index (χ0) is 11.4. The average Bonchev–Trinajstić information content (AvgIpc) is 2.97. The second kappa shape index (κ2) is 6.02. The predicted octanol–water partition coefficient (Wildman–Crippen LogP) is 2.97. The highest BCUT2D eigenvalue weighted by atomic mass is 16.5. The molecule has 0 saturated heterocycles. The van der Waals surface area contributed by atoms with Gasteiger partial charge in [0.2, 0.25) is 0 Å². The van der Waals surface area contributed by atoms with Crippen LogP contribution in [0.15, 0.2) is 0 Å². The first-order valence-corrected chi connectivity index (χ1v) is 7.07. The average molecular weight is 225 g/mol. The van der Waals surface area contributed by atoms with Crippen LogP contribution in [0.2, 0.25) is 0 Å². The largest absolute Gasteiger partial charge is 0.380 e. The van der Waals surface area contributed by atoms with Crippen molar-refractivity contribution >= 4 is 0 Å². The van der Waals surface area contributed by atoms with Gasteiger partial charge in [0, 0.05) is 13.2 Å². The van der Waals surface area contributed by atoms with Gasteiger partial charge >= 0.3 is 0 Å². The highest BCUT2D eigenvalue weighted by Crippen LogP contribution is 2.36. The minimum Gasteiger partial charge on any atom is -0.380 e. The minimum absolute atomic E-state index is 0.454. The predicted molar refractivity (Wildman–Crippen MR) is 67.6 cm³/mol. The van der Waals surface area contributed by atoms with Gasteiger partial charge in [-0.25, -0.2) is 0 Å². The summed E-state index contributed by atoms with van der Waals surface area (Å²) >= 11 is 0. The summed E-state index contributed by atoms with van der Waals surface area (Å²) in [5, 5.41) is 3.55. The molecule has 94 valence electrons. The van der Waals surface area contributed by atoms with Crippen LogP contribution in [0.1, 0.15) is 51.4 Å². The van der Waals surface area contributed by atoms with Gasteiger partial charge in [-0.1, -0.05) is 25.7 Å². The molecule has 0 heterocycles. The van der Waals surface area contributed by atoms with E-state index in [1.54, 1.807) is 0 Å². The van der Waals surface area contributed by atoms with Gasteiger partial charge in [0.05, 0.1) is 6.10 Å². The third-order valence-electron chi connectivity index (χ3n) is 4.73. The lowest BCUT2D eigenvalue weighted by molar-refractivity contribution is 0.00887. The van der Waals surface area contributed by atoms with Crippen LogP contribution in [-0.2, 0) is 4.74 Å². The van der Waals surface area contributed by atoms with Crippen molar-refractivity contribution in [1.29, 1.82) is 0 Å². The summed E-state index contributed by atoms with van der Waals surface area (Å²) in [6, 6.07) is 0.593. The smallest absolute Gasteiger partial charge is 0.0754 e. The Morgan fingerprint density at radius 2 is 1.44 bits per heavy atom. The van der Waals surface area contributed by atoms with E-state index in [-0.39, 0.29) is 0 Å². The summed E-state index contributed by atoms with van der Waals surface area (Å²) in [5.74, 6) is 1.67. The topological polar surface area (TPSA) is 21.3 Å². The molecule has 0 bridgehead atoms. The second-order valence-corrected chi connectivity index (χ2v) is 5.60. The summed E-state index contributed by atoms with van der Waals surface area (Å²) in [5.41, 5.74) is 0. The van der Waals surface area contributed by atoms with Crippen LogP contribution in [0.25, 0.3) is 0 Å². The minimum atomic E-state index is 0.454. The standard InChI is InChI=1S/C14H27NO/c1-15-13(11-7-3-4-8-11)14(16-2)12-9-5-6-10-12/h11-15H,3-10H2,1-2H3. The summed E-state index contributed by atoms with van der Waals surface area (Å²) in [4.78, 5) is 0. The van der Waals surface area contributed by atoms with E-state index in [0.29, 0.717) is 12.1 Å². The molecular formula is C14H27NO. The van der Waals surface area contributed by atoms with E-state index in [9.17, 15) is 0 Å². The molecule has 2 atom stereocenters. The summed E-state index contributed by atoms with van der Waals surface area (Å²) in [6.07, 6.45) is 11.7. The van der Waals surface area contributed by atoms with E-state index < -0.39 is 0 Å². The lowest BCUT2D eigenvalue weighted by Crippen LogP contribution is -2.47. The van der Waals surface area contributed by atoms with Gasteiger partial charge < -0.3 is 10.1 Å². The molecule has 2 unspecified atom stereocenters. The van der Waals surface area contributed by atoms with E-state index in [1.807, 2.05) is 7.11 Å². The summed E-state index contributed by atoms with van der Waals surface area (Å²) in [6.45, 7) is 0. The first-order chi connectivity index (χ1) is 7.86. The van der Waals surface area contributed by atoms with Gasteiger partial charge in [-0.2, -0.15) is 0 Å². The molecule has 2 saturated carbocycles. The van der Waals surface area contributed by atoms with Crippen LogP contribution in [0, 0.1) is 11.8 Å². The maximum Gasteiger partial charge on any atom is 0.0754 e. The molecule has 2 nitrogen and oxygen atoms in total. The number of ether oxygens (including phenoxy) is 1.